The summed E-state index contributed by atoms with van der Waals surface area (Å²) < 4.78 is 23.1. The van der Waals surface area contributed by atoms with Crippen LogP contribution >= 0.6 is 11.6 Å². The van der Waals surface area contributed by atoms with Crippen LogP contribution in [-0.2, 0) is 16.4 Å². The highest BCUT2D eigenvalue weighted by atomic mass is 35.5. The molecular weight excluding hydrogens is 274 g/mol. The van der Waals surface area contributed by atoms with Crippen LogP contribution in [0.15, 0.2) is 12.3 Å². The number of pyridine rings is 1. The maximum Gasteiger partial charge on any atom is 0.152 e. The molecule has 1 fully saturated rings. The molecule has 0 bridgehead atoms. The summed E-state index contributed by atoms with van der Waals surface area (Å²) >= 11 is 5.96. The number of sulfone groups is 1. The van der Waals surface area contributed by atoms with Crippen LogP contribution in [0.3, 0.4) is 0 Å². The standard InChI is InChI=1S/C11H16ClN3O2S/c12-10-8-14-11(6-9(10)7-13)15-2-1-4-18(16,17)5-3-15/h6,8H,1-5,7,13H2. The van der Waals surface area contributed by atoms with Crippen molar-refractivity contribution in [3.05, 3.63) is 22.8 Å². The monoisotopic (exact) mass is 289 g/mol. The zero-order chi connectivity index (χ0) is 13.2. The van der Waals surface area contributed by atoms with Gasteiger partial charge in [0.15, 0.2) is 9.84 Å². The SMILES string of the molecule is NCc1cc(N2CCCS(=O)(=O)CC2)ncc1Cl. The smallest absolute Gasteiger partial charge is 0.152 e. The molecule has 0 radical (unpaired) electrons. The van der Waals surface area contributed by atoms with Crippen LogP contribution < -0.4 is 10.6 Å². The van der Waals surface area contributed by atoms with Crippen molar-refractivity contribution in [3.8, 4) is 0 Å². The van der Waals surface area contributed by atoms with Gasteiger partial charge < -0.3 is 10.6 Å². The fourth-order valence-corrected chi connectivity index (χ4v) is 3.42. The second-order valence-electron chi connectivity index (χ2n) is 4.33. The molecule has 0 saturated carbocycles. The minimum absolute atomic E-state index is 0.176. The van der Waals surface area contributed by atoms with Crippen molar-refractivity contribution < 1.29 is 8.42 Å². The second-order valence-corrected chi connectivity index (χ2v) is 7.04. The maximum atomic E-state index is 11.5. The van der Waals surface area contributed by atoms with E-state index < -0.39 is 9.84 Å². The molecule has 0 aromatic carbocycles. The van der Waals surface area contributed by atoms with E-state index >= 15 is 0 Å². The summed E-state index contributed by atoms with van der Waals surface area (Å²) in [5, 5.41) is 0.545. The van der Waals surface area contributed by atoms with Gasteiger partial charge in [-0.05, 0) is 18.1 Å². The molecule has 0 amide bonds. The maximum absolute atomic E-state index is 11.5. The van der Waals surface area contributed by atoms with E-state index in [-0.39, 0.29) is 11.5 Å². The quantitative estimate of drug-likeness (QED) is 0.872. The molecule has 0 spiro atoms. The van der Waals surface area contributed by atoms with Gasteiger partial charge in [-0.25, -0.2) is 13.4 Å². The molecule has 0 atom stereocenters. The summed E-state index contributed by atoms with van der Waals surface area (Å²) in [4.78, 5) is 6.22. The van der Waals surface area contributed by atoms with Crippen molar-refractivity contribution in [3.63, 3.8) is 0 Å². The van der Waals surface area contributed by atoms with Crippen LogP contribution in [0.4, 0.5) is 5.82 Å². The van der Waals surface area contributed by atoms with Crippen LogP contribution in [0.1, 0.15) is 12.0 Å². The Balaban J connectivity index is 2.21. The van der Waals surface area contributed by atoms with Gasteiger partial charge in [-0.3, -0.25) is 0 Å². The molecule has 0 aliphatic carbocycles. The minimum atomic E-state index is -2.90. The topological polar surface area (TPSA) is 76.3 Å². The molecule has 2 heterocycles. The summed E-state index contributed by atoms with van der Waals surface area (Å²) in [6.45, 7) is 1.51. The van der Waals surface area contributed by atoms with E-state index in [1.165, 1.54) is 0 Å². The molecular formula is C11H16ClN3O2S. The summed E-state index contributed by atoms with van der Waals surface area (Å²) in [6, 6.07) is 1.83. The molecule has 2 rings (SSSR count). The van der Waals surface area contributed by atoms with E-state index in [2.05, 4.69) is 4.98 Å². The van der Waals surface area contributed by atoms with Gasteiger partial charge in [0, 0.05) is 25.8 Å². The number of rotatable bonds is 2. The summed E-state index contributed by atoms with van der Waals surface area (Å²) in [5.41, 5.74) is 6.42. The number of nitrogens with two attached hydrogens (primary N) is 1. The second kappa shape index (κ2) is 5.42. The zero-order valence-electron chi connectivity index (χ0n) is 9.97. The minimum Gasteiger partial charge on any atom is -0.356 e. The molecule has 1 aromatic rings. The van der Waals surface area contributed by atoms with Crippen LogP contribution in [-0.4, -0.2) is 38.0 Å². The lowest BCUT2D eigenvalue weighted by atomic mass is 10.2. The first-order chi connectivity index (χ1) is 8.52. The highest BCUT2D eigenvalue weighted by molar-refractivity contribution is 7.91. The molecule has 5 nitrogen and oxygen atoms in total. The zero-order valence-corrected chi connectivity index (χ0v) is 11.5. The van der Waals surface area contributed by atoms with E-state index in [0.717, 1.165) is 11.4 Å². The fraction of sp³-hybridized carbons (Fsp3) is 0.545. The van der Waals surface area contributed by atoms with Crippen molar-refractivity contribution in [1.82, 2.24) is 4.98 Å². The molecule has 1 aliphatic heterocycles. The molecule has 2 N–H and O–H groups in total. The predicted molar refractivity (Wildman–Crippen MR) is 72.6 cm³/mol. The molecule has 18 heavy (non-hydrogen) atoms. The Morgan fingerprint density at radius 1 is 1.39 bits per heavy atom. The van der Waals surface area contributed by atoms with Crippen molar-refractivity contribution in [2.24, 2.45) is 5.73 Å². The Kier molecular flexibility index (Phi) is 4.09. The lowest BCUT2D eigenvalue weighted by Crippen LogP contribution is -2.27. The first-order valence-electron chi connectivity index (χ1n) is 5.82. The number of hydrogen-bond donors (Lipinski definition) is 1. The van der Waals surface area contributed by atoms with Crippen molar-refractivity contribution in [1.29, 1.82) is 0 Å². The third kappa shape index (κ3) is 3.13. The van der Waals surface area contributed by atoms with Gasteiger partial charge in [-0.15, -0.1) is 0 Å². The van der Waals surface area contributed by atoms with Crippen molar-refractivity contribution in [2.45, 2.75) is 13.0 Å². The Morgan fingerprint density at radius 2 is 2.17 bits per heavy atom. The van der Waals surface area contributed by atoms with Crippen LogP contribution in [0.25, 0.3) is 0 Å². The van der Waals surface area contributed by atoms with Crippen molar-refractivity contribution >= 4 is 27.3 Å². The van der Waals surface area contributed by atoms with Crippen LogP contribution in [0.2, 0.25) is 5.02 Å². The van der Waals surface area contributed by atoms with E-state index in [1.54, 1.807) is 6.20 Å². The van der Waals surface area contributed by atoms with Gasteiger partial charge in [-0.2, -0.15) is 0 Å². The average Bonchev–Trinajstić information content (AvgIpc) is 2.51. The van der Waals surface area contributed by atoms with Gasteiger partial charge in [0.25, 0.3) is 0 Å². The number of aromatic nitrogens is 1. The first kappa shape index (κ1) is 13.6. The van der Waals surface area contributed by atoms with E-state index in [0.29, 0.717) is 31.1 Å². The van der Waals surface area contributed by atoms with E-state index in [1.807, 2.05) is 11.0 Å². The van der Waals surface area contributed by atoms with Gasteiger partial charge in [-0.1, -0.05) is 11.6 Å². The number of halogens is 1. The van der Waals surface area contributed by atoms with E-state index in [4.69, 9.17) is 17.3 Å². The molecule has 7 heteroatoms. The third-order valence-corrected chi connectivity index (χ3v) is 5.08. The number of nitrogens with zero attached hydrogens (tertiary/aromatic N) is 2. The summed E-state index contributed by atoms with van der Waals surface area (Å²) in [6.07, 6.45) is 2.20. The molecule has 100 valence electrons. The molecule has 1 aromatic heterocycles. The van der Waals surface area contributed by atoms with Crippen molar-refractivity contribution in [2.75, 3.05) is 29.5 Å². The highest BCUT2D eigenvalue weighted by Gasteiger charge is 2.20. The lowest BCUT2D eigenvalue weighted by Gasteiger charge is -2.21. The highest BCUT2D eigenvalue weighted by Crippen LogP contribution is 2.21. The van der Waals surface area contributed by atoms with Crippen LogP contribution in [0.5, 0.6) is 0 Å². The fourth-order valence-electron chi connectivity index (χ4n) is 1.96. The van der Waals surface area contributed by atoms with Gasteiger partial charge >= 0.3 is 0 Å². The normalized spacial score (nSPS) is 19.6. The predicted octanol–water partition coefficient (Wildman–Crippen LogP) is 0.819. The van der Waals surface area contributed by atoms with Gasteiger partial charge in [0.2, 0.25) is 0 Å². The summed E-state index contributed by atoms with van der Waals surface area (Å²) in [5.74, 6) is 1.17. The van der Waals surface area contributed by atoms with Gasteiger partial charge in [0.05, 0.1) is 16.5 Å². The Hall–Kier alpha value is -0.850. The number of anilines is 1. The Bertz CT molecular complexity index is 533. The van der Waals surface area contributed by atoms with Crippen LogP contribution in [0, 0.1) is 0 Å². The largest absolute Gasteiger partial charge is 0.356 e. The summed E-state index contributed by atoms with van der Waals surface area (Å²) in [7, 11) is -2.90. The molecule has 1 aliphatic rings. The molecule has 0 unspecified atom stereocenters. The van der Waals surface area contributed by atoms with E-state index in [9.17, 15) is 8.42 Å². The molecule has 1 saturated heterocycles. The van der Waals surface area contributed by atoms with Gasteiger partial charge in [0.1, 0.15) is 5.82 Å². The first-order valence-corrected chi connectivity index (χ1v) is 8.01. The third-order valence-electron chi connectivity index (χ3n) is 3.02. The lowest BCUT2D eigenvalue weighted by molar-refractivity contribution is 0.597. The average molecular weight is 290 g/mol. The number of hydrogen-bond acceptors (Lipinski definition) is 5. The Morgan fingerprint density at radius 3 is 2.89 bits per heavy atom. The Labute approximate surface area is 112 Å².